The summed E-state index contributed by atoms with van der Waals surface area (Å²) in [6.45, 7) is 0.515. The van der Waals surface area contributed by atoms with Gasteiger partial charge >= 0.3 is 0 Å². The highest BCUT2D eigenvalue weighted by Gasteiger charge is 2.32. The molecule has 2 nitrogen and oxygen atoms in total. The molecule has 3 heteroatoms. The van der Waals surface area contributed by atoms with E-state index < -0.39 is 5.85 Å². The summed E-state index contributed by atoms with van der Waals surface area (Å²) in [5, 5.41) is 0. The topological polar surface area (TPSA) is 35.2 Å². The van der Waals surface area contributed by atoms with E-state index in [-0.39, 0.29) is 6.54 Å². The first-order chi connectivity index (χ1) is 3.77. The normalized spacial score (nSPS) is 38.2. The van der Waals surface area contributed by atoms with Crippen LogP contribution in [0.25, 0.3) is 0 Å². The minimum Gasteiger partial charge on any atom is -0.345 e. The van der Waals surface area contributed by atoms with Gasteiger partial charge in [0.2, 0.25) is 5.85 Å². The maximum Gasteiger partial charge on any atom is 0.221 e. The maximum atomic E-state index is 12.7. The molecule has 0 aromatic rings. The highest BCUT2D eigenvalue weighted by Crippen LogP contribution is 2.24. The second-order valence-corrected chi connectivity index (χ2v) is 2.04. The van der Waals surface area contributed by atoms with Gasteiger partial charge in [0.15, 0.2) is 0 Å². The van der Waals surface area contributed by atoms with Crippen molar-refractivity contribution >= 4 is 0 Å². The Morgan fingerprint density at radius 1 is 1.75 bits per heavy atom. The predicted molar refractivity (Wildman–Crippen MR) is 28.1 cm³/mol. The monoisotopic (exact) mass is 119 g/mol. The predicted octanol–water partition coefficient (Wildman–Crippen LogP) is 0.421. The molecule has 0 aromatic carbocycles. The fourth-order valence-corrected chi connectivity index (χ4v) is 0.824. The van der Waals surface area contributed by atoms with Crippen LogP contribution < -0.4 is 5.73 Å². The zero-order chi connectivity index (χ0) is 6.04. The van der Waals surface area contributed by atoms with Gasteiger partial charge in [-0.3, -0.25) is 0 Å². The van der Waals surface area contributed by atoms with E-state index >= 15 is 0 Å². The molecule has 0 aliphatic carbocycles. The Labute approximate surface area is 47.8 Å². The quantitative estimate of drug-likeness (QED) is 0.543. The molecule has 1 rings (SSSR count). The van der Waals surface area contributed by atoms with E-state index in [0.29, 0.717) is 13.0 Å². The molecule has 0 radical (unpaired) electrons. The molecule has 0 bridgehead atoms. The molecular formula is C5H10FNO. The van der Waals surface area contributed by atoms with Crippen molar-refractivity contribution in [3.63, 3.8) is 0 Å². The highest BCUT2D eigenvalue weighted by atomic mass is 19.2. The average molecular weight is 119 g/mol. The van der Waals surface area contributed by atoms with Gasteiger partial charge in [-0.2, -0.15) is 0 Å². The lowest BCUT2D eigenvalue weighted by Crippen LogP contribution is -2.31. The molecule has 0 spiro atoms. The number of ether oxygens (including phenoxy) is 1. The number of halogens is 1. The number of hydrogen-bond donors (Lipinski definition) is 1. The number of nitrogens with two attached hydrogens (primary N) is 1. The fraction of sp³-hybridized carbons (Fsp3) is 1.00. The van der Waals surface area contributed by atoms with Crippen molar-refractivity contribution in [2.24, 2.45) is 5.73 Å². The Bertz CT molecular complexity index is 80.5. The van der Waals surface area contributed by atoms with Crippen LogP contribution in [0.4, 0.5) is 4.39 Å². The molecular weight excluding hydrogens is 109 g/mol. The third kappa shape index (κ3) is 0.980. The zero-order valence-electron chi connectivity index (χ0n) is 4.69. The van der Waals surface area contributed by atoms with Crippen molar-refractivity contribution in [2.75, 3.05) is 13.2 Å². The first-order valence-electron chi connectivity index (χ1n) is 2.80. The first kappa shape index (κ1) is 5.98. The van der Waals surface area contributed by atoms with Crippen molar-refractivity contribution in [2.45, 2.75) is 18.7 Å². The standard InChI is InChI=1S/C5H10FNO/c6-5(4-7)2-1-3-8-5/h1-4,7H2. The molecule has 1 atom stereocenters. The van der Waals surface area contributed by atoms with Crippen LogP contribution in [0.3, 0.4) is 0 Å². The Hall–Kier alpha value is -0.150. The summed E-state index contributed by atoms with van der Waals surface area (Å²) in [5.41, 5.74) is 5.07. The minimum atomic E-state index is -1.49. The fourth-order valence-electron chi connectivity index (χ4n) is 0.824. The van der Waals surface area contributed by atoms with E-state index in [9.17, 15) is 4.39 Å². The van der Waals surface area contributed by atoms with Crippen LogP contribution in [0.2, 0.25) is 0 Å². The molecule has 0 aromatic heterocycles. The van der Waals surface area contributed by atoms with Crippen LogP contribution in [-0.4, -0.2) is 19.0 Å². The molecule has 1 heterocycles. The van der Waals surface area contributed by atoms with Crippen molar-refractivity contribution < 1.29 is 9.13 Å². The molecule has 2 N–H and O–H groups in total. The van der Waals surface area contributed by atoms with Gasteiger partial charge in [-0.1, -0.05) is 0 Å². The number of rotatable bonds is 1. The average Bonchev–Trinajstić information content (AvgIpc) is 2.17. The van der Waals surface area contributed by atoms with Crippen molar-refractivity contribution in [3.8, 4) is 0 Å². The lowest BCUT2D eigenvalue weighted by atomic mass is 10.2. The molecule has 1 aliphatic heterocycles. The van der Waals surface area contributed by atoms with Gasteiger partial charge in [0.1, 0.15) is 0 Å². The maximum absolute atomic E-state index is 12.7. The van der Waals surface area contributed by atoms with Crippen molar-refractivity contribution in [1.82, 2.24) is 0 Å². The Morgan fingerprint density at radius 2 is 2.50 bits per heavy atom. The summed E-state index contributed by atoms with van der Waals surface area (Å²) in [5.74, 6) is -1.49. The summed E-state index contributed by atoms with van der Waals surface area (Å²) in [4.78, 5) is 0. The number of hydrogen-bond acceptors (Lipinski definition) is 2. The SMILES string of the molecule is NCC1(F)CCCO1. The van der Waals surface area contributed by atoms with Crippen molar-refractivity contribution in [1.29, 1.82) is 0 Å². The Balaban J connectivity index is 2.40. The van der Waals surface area contributed by atoms with Crippen LogP contribution in [0.15, 0.2) is 0 Å². The van der Waals surface area contributed by atoms with E-state index in [2.05, 4.69) is 0 Å². The van der Waals surface area contributed by atoms with Gasteiger partial charge in [-0.15, -0.1) is 0 Å². The van der Waals surface area contributed by atoms with Crippen LogP contribution >= 0.6 is 0 Å². The molecule has 0 saturated carbocycles. The summed E-state index contributed by atoms with van der Waals surface area (Å²) < 4.78 is 17.4. The van der Waals surface area contributed by atoms with Gasteiger partial charge in [-0.05, 0) is 6.42 Å². The van der Waals surface area contributed by atoms with Gasteiger partial charge in [0, 0.05) is 6.42 Å². The van der Waals surface area contributed by atoms with E-state index in [1.165, 1.54) is 0 Å². The molecule has 1 aliphatic rings. The van der Waals surface area contributed by atoms with Crippen LogP contribution in [-0.2, 0) is 4.74 Å². The summed E-state index contributed by atoms with van der Waals surface area (Å²) in [6, 6.07) is 0. The van der Waals surface area contributed by atoms with Gasteiger partial charge < -0.3 is 10.5 Å². The minimum absolute atomic E-state index is 0.00694. The van der Waals surface area contributed by atoms with Gasteiger partial charge in [0.25, 0.3) is 0 Å². The van der Waals surface area contributed by atoms with Gasteiger partial charge in [-0.25, -0.2) is 4.39 Å². The van der Waals surface area contributed by atoms with Crippen LogP contribution in [0, 0.1) is 0 Å². The summed E-state index contributed by atoms with van der Waals surface area (Å²) >= 11 is 0. The lowest BCUT2D eigenvalue weighted by Gasteiger charge is -2.14. The summed E-state index contributed by atoms with van der Waals surface area (Å²) in [7, 11) is 0. The second-order valence-electron chi connectivity index (χ2n) is 2.04. The van der Waals surface area contributed by atoms with Gasteiger partial charge in [0.05, 0.1) is 13.2 Å². The summed E-state index contributed by atoms with van der Waals surface area (Å²) in [6.07, 6.45) is 1.26. The van der Waals surface area contributed by atoms with E-state index in [4.69, 9.17) is 10.5 Å². The van der Waals surface area contributed by atoms with Crippen LogP contribution in [0.1, 0.15) is 12.8 Å². The zero-order valence-corrected chi connectivity index (χ0v) is 4.69. The van der Waals surface area contributed by atoms with E-state index in [1.54, 1.807) is 0 Å². The molecule has 48 valence electrons. The van der Waals surface area contributed by atoms with Crippen LogP contribution in [0.5, 0.6) is 0 Å². The molecule has 1 unspecified atom stereocenters. The number of alkyl halides is 1. The van der Waals surface area contributed by atoms with E-state index in [0.717, 1.165) is 6.42 Å². The smallest absolute Gasteiger partial charge is 0.221 e. The molecule has 1 saturated heterocycles. The molecule has 8 heavy (non-hydrogen) atoms. The third-order valence-electron chi connectivity index (χ3n) is 1.36. The highest BCUT2D eigenvalue weighted by molar-refractivity contribution is 4.73. The first-order valence-corrected chi connectivity index (χ1v) is 2.80. The lowest BCUT2D eigenvalue weighted by molar-refractivity contribution is -0.0965. The molecule has 0 amide bonds. The Morgan fingerprint density at radius 3 is 2.75 bits per heavy atom. The Kier molecular flexibility index (Phi) is 1.49. The van der Waals surface area contributed by atoms with Crippen molar-refractivity contribution in [3.05, 3.63) is 0 Å². The van der Waals surface area contributed by atoms with E-state index in [1.807, 2.05) is 0 Å². The largest absolute Gasteiger partial charge is 0.345 e. The third-order valence-corrected chi connectivity index (χ3v) is 1.36. The molecule has 1 fully saturated rings. The second kappa shape index (κ2) is 1.99.